The molecule has 2 aromatic heterocycles. The van der Waals surface area contributed by atoms with Crippen LogP contribution in [0.25, 0.3) is 0 Å². The first-order chi connectivity index (χ1) is 6.66. The molecule has 0 fully saturated rings. The van der Waals surface area contributed by atoms with Gasteiger partial charge in [-0.2, -0.15) is 0 Å². The third kappa shape index (κ3) is 1.46. The van der Waals surface area contributed by atoms with Gasteiger partial charge in [0.15, 0.2) is 5.82 Å². The van der Waals surface area contributed by atoms with Crippen LogP contribution in [0, 0.1) is 13.8 Å². The van der Waals surface area contributed by atoms with Gasteiger partial charge in [0, 0.05) is 5.56 Å². The lowest BCUT2D eigenvalue weighted by Gasteiger charge is -1.97. The number of nitrogens with zero attached hydrogens (tertiary/aromatic N) is 4. The van der Waals surface area contributed by atoms with Crippen molar-refractivity contribution >= 4 is 5.82 Å². The van der Waals surface area contributed by atoms with Gasteiger partial charge in [-0.1, -0.05) is 10.4 Å². The van der Waals surface area contributed by atoms with Gasteiger partial charge in [0.05, 0.1) is 18.4 Å². The lowest BCUT2D eigenvalue weighted by molar-refractivity contribution is 0.391. The topological polar surface area (TPSA) is 82.8 Å². The maximum atomic E-state index is 5.45. The molecule has 0 saturated carbocycles. The fraction of sp³-hybridized carbons (Fsp3) is 0.375. The molecule has 0 atom stereocenters. The van der Waals surface area contributed by atoms with Crippen LogP contribution < -0.4 is 5.73 Å². The molecular formula is C8H11N5O. The largest absolute Gasteiger partial charge is 0.381 e. The molecule has 0 saturated heterocycles. The molecule has 6 nitrogen and oxygen atoms in total. The summed E-state index contributed by atoms with van der Waals surface area (Å²) in [6.45, 7) is 4.35. The zero-order chi connectivity index (χ0) is 10.1. The second-order valence-electron chi connectivity index (χ2n) is 3.14. The highest BCUT2D eigenvalue weighted by molar-refractivity contribution is 5.23. The molecule has 2 aromatic rings. The molecule has 14 heavy (non-hydrogen) atoms. The van der Waals surface area contributed by atoms with Gasteiger partial charge in [0.2, 0.25) is 0 Å². The van der Waals surface area contributed by atoms with Gasteiger partial charge < -0.3 is 10.3 Å². The average Bonchev–Trinajstić information content (AvgIpc) is 2.67. The van der Waals surface area contributed by atoms with Gasteiger partial charge in [-0.25, -0.2) is 4.68 Å². The number of anilines is 1. The molecule has 0 radical (unpaired) electrons. The quantitative estimate of drug-likeness (QED) is 0.751. The van der Waals surface area contributed by atoms with Crippen LogP contribution in [0.15, 0.2) is 10.7 Å². The van der Waals surface area contributed by atoms with E-state index in [1.807, 2.05) is 13.8 Å². The highest BCUT2D eigenvalue weighted by atomic mass is 16.5. The van der Waals surface area contributed by atoms with E-state index in [0.717, 1.165) is 17.0 Å². The van der Waals surface area contributed by atoms with E-state index < -0.39 is 0 Å². The molecule has 0 bridgehead atoms. The minimum atomic E-state index is 0.414. The summed E-state index contributed by atoms with van der Waals surface area (Å²) in [5.41, 5.74) is 7.35. The average molecular weight is 193 g/mol. The van der Waals surface area contributed by atoms with Crippen LogP contribution in [0.1, 0.15) is 17.0 Å². The molecule has 6 heteroatoms. The monoisotopic (exact) mass is 193 g/mol. The SMILES string of the molecule is Cc1noc(C)c1Cn1cc(N)nn1. The van der Waals surface area contributed by atoms with Crippen molar-refractivity contribution in [3.63, 3.8) is 0 Å². The second kappa shape index (κ2) is 3.13. The second-order valence-corrected chi connectivity index (χ2v) is 3.14. The normalized spacial score (nSPS) is 10.7. The maximum absolute atomic E-state index is 5.45. The van der Waals surface area contributed by atoms with Gasteiger partial charge in [-0.15, -0.1) is 5.10 Å². The van der Waals surface area contributed by atoms with Gasteiger partial charge in [0.1, 0.15) is 5.76 Å². The summed E-state index contributed by atoms with van der Waals surface area (Å²) < 4.78 is 6.69. The van der Waals surface area contributed by atoms with E-state index in [1.165, 1.54) is 0 Å². The highest BCUT2D eigenvalue weighted by Gasteiger charge is 2.09. The van der Waals surface area contributed by atoms with Crippen molar-refractivity contribution in [2.75, 3.05) is 5.73 Å². The standard InChI is InChI=1S/C8H11N5O/c1-5-7(6(2)14-11-5)3-13-4-8(9)10-12-13/h4H,3,9H2,1-2H3. The molecule has 0 spiro atoms. The first-order valence-corrected chi connectivity index (χ1v) is 4.24. The van der Waals surface area contributed by atoms with Crippen molar-refractivity contribution in [1.29, 1.82) is 0 Å². The number of rotatable bonds is 2. The van der Waals surface area contributed by atoms with E-state index in [1.54, 1.807) is 10.9 Å². The molecular weight excluding hydrogens is 182 g/mol. The van der Waals surface area contributed by atoms with Crippen LogP contribution in [0.3, 0.4) is 0 Å². The predicted molar refractivity (Wildman–Crippen MR) is 49.5 cm³/mol. The minimum Gasteiger partial charge on any atom is -0.381 e. The Morgan fingerprint density at radius 1 is 1.50 bits per heavy atom. The molecule has 0 aliphatic rings. The lowest BCUT2D eigenvalue weighted by atomic mass is 10.2. The van der Waals surface area contributed by atoms with E-state index in [4.69, 9.17) is 10.3 Å². The third-order valence-corrected chi connectivity index (χ3v) is 2.06. The first-order valence-electron chi connectivity index (χ1n) is 4.24. The van der Waals surface area contributed by atoms with Gasteiger partial charge in [-0.05, 0) is 13.8 Å². The molecule has 2 N–H and O–H groups in total. The van der Waals surface area contributed by atoms with Crippen molar-refractivity contribution in [3.05, 3.63) is 23.2 Å². The number of aryl methyl sites for hydroxylation is 2. The molecule has 0 aliphatic carbocycles. The summed E-state index contributed by atoms with van der Waals surface area (Å²) in [5.74, 6) is 1.22. The molecule has 0 amide bonds. The van der Waals surface area contributed by atoms with E-state index in [2.05, 4.69) is 15.5 Å². The summed E-state index contributed by atoms with van der Waals surface area (Å²) >= 11 is 0. The molecule has 0 aromatic carbocycles. The van der Waals surface area contributed by atoms with Gasteiger partial charge in [-0.3, -0.25) is 0 Å². The minimum absolute atomic E-state index is 0.414. The Morgan fingerprint density at radius 2 is 2.29 bits per heavy atom. The first kappa shape index (κ1) is 8.74. The zero-order valence-corrected chi connectivity index (χ0v) is 8.06. The predicted octanol–water partition coefficient (Wildman–Crippen LogP) is 0.513. The van der Waals surface area contributed by atoms with Crippen LogP contribution >= 0.6 is 0 Å². The van der Waals surface area contributed by atoms with Crippen molar-refractivity contribution in [3.8, 4) is 0 Å². The number of hydrogen-bond donors (Lipinski definition) is 1. The van der Waals surface area contributed by atoms with Crippen LogP contribution in [-0.2, 0) is 6.54 Å². The maximum Gasteiger partial charge on any atom is 0.165 e. The fourth-order valence-corrected chi connectivity index (χ4v) is 1.28. The molecule has 2 heterocycles. The fourth-order valence-electron chi connectivity index (χ4n) is 1.28. The Labute approximate surface area is 80.7 Å². The van der Waals surface area contributed by atoms with Crippen LogP contribution in [-0.4, -0.2) is 20.2 Å². The number of nitrogen functional groups attached to an aromatic ring is 1. The van der Waals surface area contributed by atoms with E-state index in [9.17, 15) is 0 Å². The summed E-state index contributed by atoms with van der Waals surface area (Å²) in [5, 5.41) is 11.4. The van der Waals surface area contributed by atoms with Crippen molar-refractivity contribution in [2.24, 2.45) is 0 Å². The Morgan fingerprint density at radius 3 is 2.79 bits per heavy atom. The number of hydrogen-bond acceptors (Lipinski definition) is 5. The Balaban J connectivity index is 2.26. The van der Waals surface area contributed by atoms with E-state index in [-0.39, 0.29) is 0 Å². The smallest absolute Gasteiger partial charge is 0.165 e. The molecule has 74 valence electrons. The Hall–Kier alpha value is -1.85. The van der Waals surface area contributed by atoms with Crippen molar-refractivity contribution < 1.29 is 4.52 Å². The lowest BCUT2D eigenvalue weighted by Crippen LogP contribution is -2.02. The van der Waals surface area contributed by atoms with Gasteiger partial charge >= 0.3 is 0 Å². The van der Waals surface area contributed by atoms with Crippen LogP contribution in [0.4, 0.5) is 5.82 Å². The molecule has 2 rings (SSSR count). The Kier molecular flexibility index (Phi) is 1.95. The third-order valence-electron chi connectivity index (χ3n) is 2.06. The highest BCUT2D eigenvalue weighted by Crippen LogP contribution is 2.13. The summed E-state index contributed by atoms with van der Waals surface area (Å²) in [7, 11) is 0. The van der Waals surface area contributed by atoms with Crippen LogP contribution in [0.2, 0.25) is 0 Å². The summed E-state index contributed by atoms with van der Waals surface area (Å²) in [4.78, 5) is 0. The van der Waals surface area contributed by atoms with Gasteiger partial charge in [0.25, 0.3) is 0 Å². The summed E-state index contributed by atoms with van der Waals surface area (Å²) in [6.07, 6.45) is 1.67. The molecule has 0 unspecified atom stereocenters. The molecule has 0 aliphatic heterocycles. The number of nitrogens with two attached hydrogens (primary N) is 1. The Bertz CT molecular complexity index is 425. The van der Waals surface area contributed by atoms with Crippen LogP contribution in [0.5, 0.6) is 0 Å². The summed E-state index contributed by atoms with van der Waals surface area (Å²) in [6, 6.07) is 0. The van der Waals surface area contributed by atoms with E-state index >= 15 is 0 Å². The van der Waals surface area contributed by atoms with Crippen molar-refractivity contribution in [1.82, 2.24) is 20.2 Å². The zero-order valence-electron chi connectivity index (χ0n) is 8.06. The van der Waals surface area contributed by atoms with E-state index in [0.29, 0.717) is 12.4 Å². The van der Waals surface area contributed by atoms with Crippen molar-refractivity contribution in [2.45, 2.75) is 20.4 Å². The number of aromatic nitrogens is 4.